The van der Waals surface area contributed by atoms with Gasteiger partial charge in [0.25, 0.3) is 0 Å². The topological polar surface area (TPSA) is 66.4 Å². The van der Waals surface area contributed by atoms with Crippen LogP contribution in [-0.2, 0) is 9.30 Å². The number of unbranched alkanes of at least 4 members (excludes halogenated alkanes) is 1. The second kappa shape index (κ2) is 16.5. The maximum atomic E-state index is 11.7. The molecule has 0 radical (unpaired) electrons. The van der Waals surface area contributed by atoms with Gasteiger partial charge in [-0.25, -0.2) is 4.79 Å². The molecule has 0 aromatic carbocycles. The zero-order valence-electron chi connectivity index (χ0n) is 17.5. The van der Waals surface area contributed by atoms with Gasteiger partial charge < -0.3 is 14.2 Å². The van der Waals surface area contributed by atoms with Gasteiger partial charge in [-0.05, 0) is 79.3 Å². The van der Waals surface area contributed by atoms with Crippen LogP contribution in [0.5, 0.6) is 0 Å². The van der Waals surface area contributed by atoms with E-state index in [2.05, 4.69) is 50.7 Å². The first kappa shape index (κ1) is 28.7. The second-order valence-electron chi connectivity index (χ2n) is 6.70. The Morgan fingerprint density at radius 2 is 1.46 bits per heavy atom. The summed E-state index contributed by atoms with van der Waals surface area (Å²) in [5, 5.41) is 0. The summed E-state index contributed by atoms with van der Waals surface area (Å²) in [5.41, 5.74) is 2.94. The maximum absolute atomic E-state index is 11.7. The predicted octanol–water partition coefficient (Wildman–Crippen LogP) is 2.98. The summed E-state index contributed by atoms with van der Waals surface area (Å²) in [6.07, 6.45) is 11.8. The molecule has 1 atom stereocenters. The first-order chi connectivity index (χ1) is 11.7. The van der Waals surface area contributed by atoms with Crippen molar-refractivity contribution in [2.75, 3.05) is 12.8 Å². The molecule has 0 aliphatic carbocycles. The molecular weight excluding hydrogens is 374 g/mol. The number of hydrogen-bond donors (Lipinski definition) is 0. The number of allylic oxidation sites excluding steroid dienone is 6. The molecule has 0 saturated heterocycles. The largest absolute Gasteiger partial charge is 1.00 e. The van der Waals surface area contributed by atoms with Crippen LogP contribution in [0.3, 0.4) is 0 Å². The van der Waals surface area contributed by atoms with E-state index in [4.69, 9.17) is 0 Å². The normalized spacial score (nSPS) is 14.2. The van der Waals surface area contributed by atoms with E-state index in [0.717, 1.165) is 25.7 Å². The average molecular weight is 409 g/mol. The van der Waals surface area contributed by atoms with Crippen molar-refractivity contribution in [1.29, 1.82) is 0 Å². The van der Waals surface area contributed by atoms with Crippen LogP contribution in [0.25, 0.3) is 0 Å². The summed E-state index contributed by atoms with van der Waals surface area (Å²) in [5.74, 6) is 0. The fraction of sp³-hybridized carbons (Fsp3) is 0.650. The Labute approximate surface area is 202 Å². The van der Waals surface area contributed by atoms with Crippen LogP contribution in [0.4, 0.5) is 4.79 Å². The molecule has 0 fully saturated rings. The first-order valence-corrected chi connectivity index (χ1v) is 10.9. The van der Waals surface area contributed by atoms with E-state index in [-0.39, 0.29) is 64.2 Å². The Morgan fingerprint density at radius 3 is 1.96 bits per heavy atom. The first-order valence-electron chi connectivity index (χ1n) is 9.11. The van der Waals surface area contributed by atoms with Crippen LogP contribution >= 0.6 is 7.37 Å². The molecule has 1 unspecified atom stereocenters. The molecule has 4 nitrogen and oxygen atoms in total. The summed E-state index contributed by atoms with van der Waals surface area (Å²) < 4.78 is 16.2. The standard InChI is InChI=1S/C20H35O4P.K/c1-6-24-20(21)25(22,23)16-8-7-12-18(4)14-10-15-19(5)13-9-11-17(2)3;/h11-12,15H,6-10,13-14,16H2,1-5H3,(H,22,23);/q;+1/p-1/b18-12+,19-15+;. The molecule has 0 bridgehead atoms. The SMILES string of the molecule is CCOC(=O)P(=O)([O-])CCC/C=C(\C)CC/C=C(\C)CCC=C(C)C.[K+]. The molecular formula is C20H34KO4P. The van der Waals surface area contributed by atoms with E-state index >= 15 is 0 Å². The third kappa shape index (κ3) is 15.6. The molecule has 0 amide bonds. The fourth-order valence-corrected chi connectivity index (χ4v) is 3.41. The number of hydrogen-bond acceptors (Lipinski definition) is 4. The van der Waals surface area contributed by atoms with Crippen LogP contribution in [0.1, 0.15) is 73.1 Å². The van der Waals surface area contributed by atoms with Crippen LogP contribution < -0.4 is 56.3 Å². The van der Waals surface area contributed by atoms with Gasteiger partial charge in [0.15, 0.2) is 0 Å². The molecule has 0 aromatic rings. The van der Waals surface area contributed by atoms with E-state index in [1.165, 1.54) is 16.7 Å². The van der Waals surface area contributed by atoms with Crippen molar-refractivity contribution >= 4 is 13.1 Å². The number of rotatable bonds is 12. The van der Waals surface area contributed by atoms with Gasteiger partial charge in [-0.1, -0.05) is 34.9 Å². The van der Waals surface area contributed by atoms with Crippen LogP contribution in [0.2, 0.25) is 0 Å². The Bertz CT molecular complexity index is 546. The quantitative estimate of drug-likeness (QED) is 0.215. The van der Waals surface area contributed by atoms with Crippen LogP contribution in [-0.4, -0.2) is 18.5 Å². The van der Waals surface area contributed by atoms with Crippen molar-refractivity contribution in [1.82, 2.24) is 0 Å². The smallest absolute Gasteiger partial charge is 0.791 e. The fourth-order valence-electron chi connectivity index (χ4n) is 2.30. The van der Waals surface area contributed by atoms with Gasteiger partial charge in [0.1, 0.15) is 7.37 Å². The Balaban J connectivity index is 0. The minimum Gasteiger partial charge on any atom is -0.791 e. The van der Waals surface area contributed by atoms with Gasteiger partial charge in [-0.2, -0.15) is 0 Å². The molecule has 6 heteroatoms. The second-order valence-corrected chi connectivity index (χ2v) is 8.86. The van der Waals surface area contributed by atoms with Crippen molar-refractivity contribution in [2.45, 2.75) is 73.1 Å². The Hall–Kier alpha value is 0.516. The summed E-state index contributed by atoms with van der Waals surface area (Å²) >= 11 is 0. The minimum atomic E-state index is -4.07. The zero-order valence-corrected chi connectivity index (χ0v) is 21.5. The summed E-state index contributed by atoms with van der Waals surface area (Å²) in [7, 11) is -4.07. The molecule has 144 valence electrons. The molecule has 0 saturated carbocycles. The van der Waals surface area contributed by atoms with Gasteiger partial charge in [-0.15, -0.1) is 0 Å². The summed E-state index contributed by atoms with van der Waals surface area (Å²) in [6, 6.07) is 0. The molecule has 0 spiro atoms. The summed E-state index contributed by atoms with van der Waals surface area (Å²) in [4.78, 5) is 22.9. The molecule has 0 aromatic heterocycles. The van der Waals surface area contributed by atoms with Gasteiger partial charge in [-0.3, -0.25) is 0 Å². The van der Waals surface area contributed by atoms with Gasteiger partial charge in [0.2, 0.25) is 0 Å². The van der Waals surface area contributed by atoms with E-state index < -0.39 is 13.1 Å². The molecule has 0 aliphatic rings. The van der Waals surface area contributed by atoms with Crippen molar-refractivity contribution in [3.05, 3.63) is 34.9 Å². The van der Waals surface area contributed by atoms with Gasteiger partial charge >= 0.3 is 57.1 Å². The van der Waals surface area contributed by atoms with Crippen molar-refractivity contribution in [3.63, 3.8) is 0 Å². The average Bonchev–Trinajstić information content (AvgIpc) is 2.51. The minimum absolute atomic E-state index is 0. The monoisotopic (exact) mass is 408 g/mol. The summed E-state index contributed by atoms with van der Waals surface area (Å²) in [6.45, 7) is 10.2. The van der Waals surface area contributed by atoms with E-state index in [1.807, 2.05) is 0 Å². The zero-order chi connectivity index (χ0) is 19.3. The molecule has 0 rings (SSSR count). The Kier molecular flexibility index (Phi) is 18.2. The van der Waals surface area contributed by atoms with Crippen LogP contribution in [0.15, 0.2) is 34.9 Å². The number of ether oxygens (including phenoxy) is 1. The molecule has 0 N–H and O–H groups in total. The third-order valence-electron chi connectivity index (χ3n) is 3.82. The van der Waals surface area contributed by atoms with E-state index in [9.17, 15) is 14.3 Å². The van der Waals surface area contributed by atoms with Gasteiger partial charge in [0, 0.05) is 0 Å². The Morgan fingerprint density at radius 1 is 0.962 bits per heavy atom. The molecule has 26 heavy (non-hydrogen) atoms. The van der Waals surface area contributed by atoms with Crippen molar-refractivity contribution in [3.8, 4) is 0 Å². The van der Waals surface area contributed by atoms with E-state index in [0.29, 0.717) is 12.8 Å². The molecule has 0 heterocycles. The number of carbonyl (C=O) groups excluding carboxylic acids is 1. The predicted molar refractivity (Wildman–Crippen MR) is 104 cm³/mol. The van der Waals surface area contributed by atoms with Crippen molar-refractivity contribution in [2.24, 2.45) is 0 Å². The number of carbonyl (C=O) groups is 1. The van der Waals surface area contributed by atoms with E-state index in [1.54, 1.807) is 6.92 Å². The van der Waals surface area contributed by atoms with Crippen molar-refractivity contribution < 1.29 is 70.4 Å². The third-order valence-corrected chi connectivity index (χ3v) is 5.41. The van der Waals surface area contributed by atoms with Gasteiger partial charge in [0.05, 0.1) is 6.61 Å². The maximum Gasteiger partial charge on any atom is 1.00 e. The molecule has 0 aliphatic heterocycles. The van der Waals surface area contributed by atoms with Crippen LogP contribution in [0, 0.1) is 0 Å².